The molecule has 3 N–H and O–H groups in total. The van der Waals surface area contributed by atoms with Gasteiger partial charge < -0.3 is 20.3 Å². The summed E-state index contributed by atoms with van der Waals surface area (Å²) >= 11 is 0. The van der Waals surface area contributed by atoms with Crippen LogP contribution in [0.25, 0.3) is 0 Å². The van der Waals surface area contributed by atoms with E-state index in [1.54, 1.807) is 12.1 Å². The van der Waals surface area contributed by atoms with Crippen LogP contribution in [0.2, 0.25) is 0 Å². The molecule has 4 heteroatoms. The van der Waals surface area contributed by atoms with Gasteiger partial charge in [-0.2, -0.15) is 0 Å². The molecule has 4 nitrogen and oxygen atoms in total. The molecule has 0 radical (unpaired) electrons. The van der Waals surface area contributed by atoms with E-state index in [1.807, 2.05) is 12.1 Å². The van der Waals surface area contributed by atoms with Crippen molar-refractivity contribution in [2.45, 2.75) is 38.2 Å². The molecule has 2 rings (SSSR count). The molecule has 1 aromatic carbocycles. The summed E-state index contributed by atoms with van der Waals surface area (Å²) in [6, 6.07) is 7.29. The third-order valence-electron chi connectivity index (χ3n) is 3.74. The second kappa shape index (κ2) is 8.12. The summed E-state index contributed by atoms with van der Waals surface area (Å²) in [6.45, 7) is 1.28. The number of hydrogen-bond donors (Lipinski definition) is 2. The van der Waals surface area contributed by atoms with Gasteiger partial charge in [0, 0.05) is 6.61 Å². The first kappa shape index (κ1) is 15.1. The largest absolute Gasteiger partial charge is 0.489 e. The summed E-state index contributed by atoms with van der Waals surface area (Å²) < 4.78 is 11.1. The summed E-state index contributed by atoms with van der Waals surface area (Å²) in [5.41, 5.74) is 6.35. The zero-order valence-electron chi connectivity index (χ0n) is 12.0. The van der Waals surface area contributed by atoms with Crippen molar-refractivity contribution >= 4 is 5.69 Å². The maximum atomic E-state index is 9.84. The Morgan fingerprint density at radius 1 is 1.15 bits per heavy atom. The Labute approximate surface area is 120 Å². The van der Waals surface area contributed by atoms with Gasteiger partial charge in [-0.05, 0) is 30.9 Å². The average Bonchev–Trinajstić information content (AvgIpc) is 2.47. The number of aliphatic hydroxyl groups is 1. The second-order valence-corrected chi connectivity index (χ2v) is 5.54. The number of ether oxygens (including phenoxy) is 2. The number of rotatable bonds is 7. The summed E-state index contributed by atoms with van der Waals surface area (Å²) in [5.74, 6) is 1.28. The minimum atomic E-state index is -0.613. The van der Waals surface area contributed by atoms with Crippen molar-refractivity contribution < 1.29 is 14.6 Å². The first-order valence-corrected chi connectivity index (χ1v) is 7.49. The van der Waals surface area contributed by atoms with Gasteiger partial charge in [-0.3, -0.25) is 0 Å². The molecule has 1 aliphatic carbocycles. The van der Waals surface area contributed by atoms with Crippen LogP contribution in [0.1, 0.15) is 32.1 Å². The van der Waals surface area contributed by atoms with E-state index < -0.39 is 6.10 Å². The molecule has 0 saturated heterocycles. The molecule has 0 spiro atoms. The quantitative estimate of drug-likeness (QED) is 0.753. The van der Waals surface area contributed by atoms with Crippen LogP contribution in [0.3, 0.4) is 0 Å². The smallest absolute Gasteiger partial charge is 0.142 e. The molecular formula is C16H25NO3. The van der Waals surface area contributed by atoms with Crippen molar-refractivity contribution in [3.05, 3.63) is 24.3 Å². The zero-order chi connectivity index (χ0) is 14.2. The molecule has 1 unspecified atom stereocenters. The van der Waals surface area contributed by atoms with Crippen molar-refractivity contribution in [2.75, 3.05) is 25.6 Å². The number of benzene rings is 1. The van der Waals surface area contributed by atoms with Gasteiger partial charge in [0.05, 0.1) is 12.3 Å². The standard InChI is InChI=1S/C16H25NO3/c17-15-8-4-5-9-16(15)20-12-14(18)11-19-10-13-6-2-1-3-7-13/h4-5,8-9,13-14,18H,1-3,6-7,10-12,17H2. The molecule has 1 fully saturated rings. The third-order valence-corrected chi connectivity index (χ3v) is 3.74. The van der Waals surface area contributed by atoms with Crippen LogP contribution >= 0.6 is 0 Å². The number of anilines is 1. The lowest BCUT2D eigenvalue weighted by atomic mass is 9.90. The lowest BCUT2D eigenvalue weighted by molar-refractivity contribution is -0.00346. The average molecular weight is 279 g/mol. The zero-order valence-corrected chi connectivity index (χ0v) is 12.0. The Morgan fingerprint density at radius 3 is 2.65 bits per heavy atom. The van der Waals surface area contributed by atoms with E-state index in [9.17, 15) is 5.11 Å². The second-order valence-electron chi connectivity index (χ2n) is 5.54. The van der Waals surface area contributed by atoms with Crippen LogP contribution in [0.15, 0.2) is 24.3 Å². The predicted molar refractivity (Wildman–Crippen MR) is 79.8 cm³/mol. The normalized spacial score (nSPS) is 17.9. The van der Waals surface area contributed by atoms with Gasteiger partial charge >= 0.3 is 0 Å². The van der Waals surface area contributed by atoms with Crippen molar-refractivity contribution in [1.82, 2.24) is 0 Å². The lowest BCUT2D eigenvalue weighted by Gasteiger charge is -2.22. The van der Waals surface area contributed by atoms with E-state index in [-0.39, 0.29) is 6.61 Å². The van der Waals surface area contributed by atoms with E-state index in [1.165, 1.54) is 32.1 Å². The van der Waals surface area contributed by atoms with Crippen LogP contribution < -0.4 is 10.5 Å². The molecule has 0 aliphatic heterocycles. The first-order valence-electron chi connectivity index (χ1n) is 7.49. The van der Waals surface area contributed by atoms with Gasteiger partial charge in [0.25, 0.3) is 0 Å². The molecule has 0 heterocycles. The minimum absolute atomic E-state index is 0.207. The van der Waals surface area contributed by atoms with Crippen molar-refractivity contribution in [3.8, 4) is 5.75 Å². The minimum Gasteiger partial charge on any atom is -0.489 e. The van der Waals surface area contributed by atoms with Gasteiger partial charge in [0.1, 0.15) is 18.5 Å². The summed E-state index contributed by atoms with van der Waals surface area (Å²) in [7, 11) is 0. The number of hydrogen-bond acceptors (Lipinski definition) is 4. The first-order chi connectivity index (χ1) is 9.75. The molecule has 1 saturated carbocycles. The van der Waals surface area contributed by atoms with Crippen LogP contribution in [0.5, 0.6) is 5.75 Å². The summed E-state index contributed by atoms with van der Waals surface area (Å²) in [6.07, 6.45) is 5.88. The fraction of sp³-hybridized carbons (Fsp3) is 0.625. The van der Waals surface area contributed by atoms with E-state index in [0.29, 0.717) is 24.0 Å². The van der Waals surface area contributed by atoms with Gasteiger partial charge in [-0.15, -0.1) is 0 Å². The van der Waals surface area contributed by atoms with Gasteiger partial charge in [0.15, 0.2) is 0 Å². The predicted octanol–water partition coefficient (Wildman–Crippen LogP) is 2.61. The van der Waals surface area contributed by atoms with E-state index in [4.69, 9.17) is 15.2 Å². The van der Waals surface area contributed by atoms with Crippen molar-refractivity contribution in [3.63, 3.8) is 0 Å². The number of nitrogens with two attached hydrogens (primary N) is 1. The van der Waals surface area contributed by atoms with Crippen molar-refractivity contribution in [1.29, 1.82) is 0 Å². The Bertz CT molecular complexity index is 391. The molecule has 112 valence electrons. The maximum absolute atomic E-state index is 9.84. The number of aliphatic hydroxyl groups excluding tert-OH is 1. The Hall–Kier alpha value is -1.26. The highest BCUT2D eigenvalue weighted by Crippen LogP contribution is 2.23. The van der Waals surface area contributed by atoms with E-state index in [2.05, 4.69) is 0 Å². The molecule has 0 amide bonds. The van der Waals surface area contributed by atoms with Gasteiger partial charge in [-0.1, -0.05) is 31.4 Å². The molecule has 1 aliphatic rings. The Balaban J connectivity index is 1.60. The molecule has 0 aromatic heterocycles. The Kier molecular flexibility index (Phi) is 6.15. The third kappa shape index (κ3) is 5.02. The van der Waals surface area contributed by atoms with Gasteiger partial charge in [-0.25, -0.2) is 0 Å². The SMILES string of the molecule is Nc1ccccc1OCC(O)COCC1CCCCC1. The number of nitrogen functional groups attached to an aromatic ring is 1. The van der Waals surface area contributed by atoms with Crippen LogP contribution in [0, 0.1) is 5.92 Å². The van der Waals surface area contributed by atoms with Gasteiger partial charge in [0.2, 0.25) is 0 Å². The highest BCUT2D eigenvalue weighted by molar-refractivity contribution is 5.51. The molecule has 1 aromatic rings. The molecule has 1 atom stereocenters. The monoisotopic (exact) mass is 279 g/mol. The highest BCUT2D eigenvalue weighted by Gasteiger charge is 2.14. The number of para-hydroxylation sites is 2. The van der Waals surface area contributed by atoms with Crippen LogP contribution in [-0.4, -0.2) is 31.0 Å². The van der Waals surface area contributed by atoms with Crippen LogP contribution in [0.4, 0.5) is 5.69 Å². The van der Waals surface area contributed by atoms with Crippen LogP contribution in [-0.2, 0) is 4.74 Å². The van der Waals surface area contributed by atoms with E-state index in [0.717, 1.165) is 6.61 Å². The summed E-state index contributed by atoms with van der Waals surface area (Å²) in [5, 5.41) is 9.84. The van der Waals surface area contributed by atoms with Crippen molar-refractivity contribution in [2.24, 2.45) is 5.92 Å². The highest BCUT2D eigenvalue weighted by atomic mass is 16.5. The molecule has 0 bridgehead atoms. The Morgan fingerprint density at radius 2 is 1.90 bits per heavy atom. The lowest BCUT2D eigenvalue weighted by Crippen LogP contribution is -2.25. The summed E-state index contributed by atoms with van der Waals surface area (Å²) in [4.78, 5) is 0. The topological polar surface area (TPSA) is 64.7 Å². The fourth-order valence-electron chi connectivity index (χ4n) is 2.57. The van der Waals surface area contributed by atoms with E-state index >= 15 is 0 Å². The molecular weight excluding hydrogens is 254 g/mol. The molecule has 20 heavy (non-hydrogen) atoms. The maximum Gasteiger partial charge on any atom is 0.142 e. The fourth-order valence-corrected chi connectivity index (χ4v) is 2.57.